The van der Waals surface area contributed by atoms with Gasteiger partial charge in [-0.3, -0.25) is 9.59 Å². The summed E-state index contributed by atoms with van der Waals surface area (Å²) in [5.41, 5.74) is -0.638. The van der Waals surface area contributed by atoms with Crippen LogP contribution < -0.4 is 0 Å². The van der Waals surface area contributed by atoms with Gasteiger partial charge >= 0.3 is 5.97 Å². The minimum absolute atomic E-state index is 0.0587. The van der Waals surface area contributed by atoms with Crippen molar-refractivity contribution in [2.75, 3.05) is 18.6 Å². The standard InChI is InChI=1S/C12H21NO5S/c1-9(2)13(3)10(14)7-19(17,18)8-12(4-5-12)6-11(15)16/h9H,4-8H2,1-3H3,(H,15,16). The van der Waals surface area contributed by atoms with E-state index in [2.05, 4.69) is 0 Å². The number of rotatable bonds is 7. The van der Waals surface area contributed by atoms with Crippen molar-refractivity contribution >= 4 is 21.7 Å². The van der Waals surface area contributed by atoms with Crippen molar-refractivity contribution in [1.82, 2.24) is 4.90 Å². The third-order valence-electron chi connectivity index (χ3n) is 3.52. The number of carboxylic acid groups (broad SMARTS) is 1. The van der Waals surface area contributed by atoms with E-state index in [0.717, 1.165) is 0 Å². The Hall–Kier alpha value is -1.11. The summed E-state index contributed by atoms with van der Waals surface area (Å²) in [5.74, 6) is -2.17. The molecular weight excluding hydrogens is 270 g/mol. The van der Waals surface area contributed by atoms with Crippen LogP contribution in [0.3, 0.4) is 0 Å². The summed E-state index contributed by atoms with van der Waals surface area (Å²) in [6.07, 6.45) is 1.07. The predicted octanol–water partition coefficient (Wildman–Crippen LogP) is 0.523. The van der Waals surface area contributed by atoms with E-state index < -0.39 is 32.9 Å². The molecule has 1 rings (SSSR count). The molecule has 0 spiro atoms. The molecule has 1 aliphatic carbocycles. The smallest absolute Gasteiger partial charge is 0.303 e. The third kappa shape index (κ3) is 4.81. The number of carbonyl (C=O) groups is 2. The fourth-order valence-corrected chi connectivity index (χ4v) is 3.97. The second-order valence-corrected chi connectivity index (χ2v) is 7.77. The average molecular weight is 291 g/mol. The summed E-state index contributed by atoms with van der Waals surface area (Å²) >= 11 is 0. The normalized spacial score (nSPS) is 17.3. The SMILES string of the molecule is CC(C)N(C)C(=O)CS(=O)(=O)CC1(CC(=O)O)CC1. The molecule has 1 amide bonds. The van der Waals surface area contributed by atoms with Crippen molar-refractivity contribution in [3.63, 3.8) is 0 Å². The van der Waals surface area contributed by atoms with E-state index in [1.54, 1.807) is 20.9 Å². The topological polar surface area (TPSA) is 91.8 Å². The van der Waals surface area contributed by atoms with Crippen LogP contribution in [0.4, 0.5) is 0 Å². The number of hydrogen-bond donors (Lipinski definition) is 1. The zero-order valence-corrected chi connectivity index (χ0v) is 12.4. The van der Waals surface area contributed by atoms with Crippen LogP contribution in [0.2, 0.25) is 0 Å². The van der Waals surface area contributed by atoms with Gasteiger partial charge in [0.2, 0.25) is 5.91 Å². The molecular formula is C12H21NO5S. The van der Waals surface area contributed by atoms with Crippen molar-refractivity contribution < 1.29 is 23.1 Å². The fourth-order valence-electron chi connectivity index (χ4n) is 1.97. The first-order valence-corrected chi connectivity index (χ1v) is 8.07. The zero-order valence-electron chi connectivity index (χ0n) is 11.5. The van der Waals surface area contributed by atoms with E-state index in [9.17, 15) is 18.0 Å². The first kappa shape index (κ1) is 15.9. The van der Waals surface area contributed by atoms with Gasteiger partial charge in [0.25, 0.3) is 0 Å². The van der Waals surface area contributed by atoms with Gasteiger partial charge < -0.3 is 10.0 Å². The number of carbonyl (C=O) groups excluding carboxylic acids is 1. The van der Waals surface area contributed by atoms with Crippen LogP contribution >= 0.6 is 0 Å². The molecule has 0 aromatic carbocycles. The predicted molar refractivity (Wildman–Crippen MR) is 70.5 cm³/mol. The number of sulfone groups is 1. The molecule has 7 heteroatoms. The maximum Gasteiger partial charge on any atom is 0.303 e. The lowest BCUT2D eigenvalue weighted by Gasteiger charge is -2.22. The van der Waals surface area contributed by atoms with Crippen LogP contribution in [0, 0.1) is 5.41 Å². The largest absolute Gasteiger partial charge is 0.481 e. The van der Waals surface area contributed by atoms with Gasteiger partial charge in [0.1, 0.15) is 5.75 Å². The number of nitrogens with zero attached hydrogens (tertiary/aromatic N) is 1. The Morgan fingerprint density at radius 2 is 1.84 bits per heavy atom. The maximum absolute atomic E-state index is 12.0. The fraction of sp³-hybridized carbons (Fsp3) is 0.833. The minimum Gasteiger partial charge on any atom is -0.481 e. The second kappa shape index (κ2) is 5.48. The summed E-state index contributed by atoms with van der Waals surface area (Å²) < 4.78 is 23.9. The van der Waals surface area contributed by atoms with Gasteiger partial charge in [-0.15, -0.1) is 0 Å². The van der Waals surface area contributed by atoms with E-state index in [4.69, 9.17) is 5.11 Å². The van der Waals surface area contributed by atoms with E-state index in [1.165, 1.54) is 4.90 Å². The molecule has 0 bridgehead atoms. The van der Waals surface area contributed by atoms with Gasteiger partial charge in [0.05, 0.1) is 12.2 Å². The molecule has 0 aromatic heterocycles. The van der Waals surface area contributed by atoms with Gasteiger partial charge in [-0.1, -0.05) is 0 Å². The van der Waals surface area contributed by atoms with Crippen LogP contribution in [0.25, 0.3) is 0 Å². The highest BCUT2D eigenvalue weighted by molar-refractivity contribution is 7.92. The van der Waals surface area contributed by atoms with E-state index >= 15 is 0 Å². The lowest BCUT2D eigenvalue weighted by molar-refractivity contribution is -0.138. The van der Waals surface area contributed by atoms with Crippen molar-refractivity contribution in [3.8, 4) is 0 Å². The summed E-state index contributed by atoms with van der Waals surface area (Å²) in [7, 11) is -1.99. The molecule has 1 N–H and O–H groups in total. The molecule has 19 heavy (non-hydrogen) atoms. The highest BCUT2D eigenvalue weighted by Crippen LogP contribution is 2.49. The number of hydrogen-bond acceptors (Lipinski definition) is 4. The lowest BCUT2D eigenvalue weighted by atomic mass is 10.1. The monoisotopic (exact) mass is 291 g/mol. The van der Waals surface area contributed by atoms with E-state index in [-0.39, 0.29) is 18.2 Å². The highest BCUT2D eigenvalue weighted by Gasteiger charge is 2.48. The molecule has 1 aliphatic rings. The van der Waals surface area contributed by atoms with Crippen LogP contribution in [-0.2, 0) is 19.4 Å². The Balaban J connectivity index is 2.63. The number of amides is 1. The van der Waals surface area contributed by atoms with Gasteiger partial charge in [-0.05, 0) is 32.1 Å². The number of carboxylic acids is 1. The average Bonchev–Trinajstić information content (AvgIpc) is 2.92. The molecule has 110 valence electrons. The van der Waals surface area contributed by atoms with Crippen molar-refractivity contribution in [1.29, 1.82) is 0 Å². The molecule has 6 nitrogen and oxygen atoms in total. The quantitative estimate of drug-likeness (QED) is 0.738. The van der Waals surface area contributed by atoms with Gasteiger partial charge in [-0.2, -0.15) is 0 Å². The van der Waals surface area contributed by atoms with Gasteiger partial charge in [0.15, 0.2) is 9.84 Å². The summed E-state index contributed by atoms with van der Waals surface area (Å²) in [4.78, 5) is 23.8. The third-order valence-corrected chi connectivity index (χ3v) is 5.26. The summed E-state index contributed by atoms with van der Waals surface area (Å²) in [5, 5.41) is 8.76. The van der Waals surface area contributed by atoms with Crippen molar-refractivity contribution in [2.45, 2.75) is 39.2 Å². The molecule has 0 aromatic rings. The molecule has 0 atom stereocenters. The maximum atomic E-state index is 12.0. The molecule has 0 saturated heterocycles. The van der Waals surface area contributed by atoms with E-state index in [0.29, 0.717) is 12.8 Å². The first-order valence-electron chi connectivity index (χ1n) is 6.25. The number of aliphatic carboxylic acids is 1. The Morgan fingerprint density at radius 3 is 2.21 bits per heavy atom. The lowest BCUT2D eigenvalue weighted by Crippen LogP contribution is -2.38. The zero-order chi connectivity index (χ0) is 14.8. The molecule has 0 unspecified atom stereocenters. The summed E-state index contributed by atoms with van der Waals surface area (Å²) in [6, 6.07) is -0.0587. The van der Waals surface area contributed by atoms with Crippen LogP contribution in [0.5, 0.6) is 0 Å². The van der Waals surface area contributed by atoms with Crippen molar-refractivity contribution in [3.05, 3.63) is 0 Å². The van der Waals surface area contributed by atoms with Crippen LogP contribution in [0.1, 0.15) is 33.1 Å². The van der Waals surface area contributed by atoms with Crippen LogP contribution in [-0.4, -0.2) is 54.9 Å². The molecule has 1 saturated carbocycles. The highest BCUT2D eigenvalue weighted by atomic mass is 32.2. The van der Waals surface area contributed by atoms with Gasteiger partial charge in [0, 0.05) is 13.1 Å². The minimum atomic E-state index is -3.55. The Kier molecular flexibility index (Phi) is 4.60. The first-order chi connectivity index (χ1) is 8.57. The summed E-state index contributed by atoms with van der Waals surface area (Å²) in [6.45, 7) is 3.61. The van der Waals surface area contributed by atoms with E-state index in [1.807, 2.05) is 0 Å². The second-order valence-electron chi connectivity index (χ2n) is 5.70. The Bertz CT molecular complexity index is 465. The molecule has 0 aliphatic heterocycles. The molecule has 0 heterocycles. The Morgan fingerprint density at radius 1 is 1.32 bits per heavy atom. The molecule has 0 radical (unpaired) electrons. The Labute approximate surface area is 113 Å². The van der Waals surface area contributed by atoms with Crippen LogP contribution in [0.15, 0.2) is 0 Å². The van der Waals surface area contributed by atoms with Crippen molar-refractivity contribution in [2.24, 2.45) is 5.41 Å². The molecule has 1 fully saturated rings. The van der Waals surface area contributed by atoms with Gasteiger partial charge in [-0.25, -0.2) is 8.42 Å².